The molecule has 0 aliphatic heterocycles. The Hall–Kier alpha value is -0.850. The van der Waals surface area contributed by atoms with Gasteiger partial charge >= 0.3 is 0 Å². The van der Waals surface area contributed by atoms with Gasteiger partial charge in [0.1, 0.15) is 0 Å². The molecule has 0 aliphatic rings. The van der Waals surface area contributed by atoms with Gasteiger partial charge in [0, 0.05) is 8.95 Å². The van der Waals surface area contributed by atoms with Crippen molar-refractivity contribution in [2.45, 2.75) is 11.8 Å². The van der Waals surface area contributed by atoms with Gasteiger partial charge in [0.15, 0.2) is 0 Å². The minimum atomic E-state index is -3.58. The Morgan fingerprint density at radius 3 is 2.32 bits per heavy atom. The topological polar surface area (TPSA) is 46.2 Å². The SMILES string of the molecule is Cc1cc(S(=O)(=O)Nc2ccccc2Br)ccc1Br. The summed E-state index contributed by atoms with van der Waals surface area (Å²) < 4.78 is 28.7. The molecule has 0 heterocycles. The molecule has 0 atom stereocenters. The molecule has 19 heavy (non-hydrogen) atoms. The molecule has 0 aromatic heterocycles. The fraction of sp³-hybridized carbons (Fsp3) is 0.0769. The normalized spacial score (nSPS) is 11.3. The molecule has 1 N–H and O–H groups in total. The van der Waals surface area contributed by atoms with Crippen molar-refractivity contribution >= 4 is 47.6 Å². The van der Waals surface area contributed by atoms with Gasteiger partial charge in [0.05, 0.1) is 10.6 Å². The minimum Gasteiger partial charge on any atom is -0.278 e. The van der Waals surface area contributed by atoms with E-state index >= 15 is 0 Å². The van der Waals surface area contributed by atoms with Gasteiger partial charge in [-0.25, -0.2) is 8.42 Å². The number of aryl methyl sites for hydroxylation is 1. The van der Waals surface area contributed by atoms with Gasteiger partial charge in [0.2, 0.25) is 0 Å². The molecule has 2 rings (SSSR count). The maximum absolute atomic E-state index is 12.3. The summed E-state index contributed by atoms with van der Waals surface area (Å²) in [7, 11) is -3.58. The lowest BCUT2D eigenvalue weighted by Crippen LogP contribution is -2.13. The number of nitrogens with one attached hydrogen (secondary N) is 1. The van der Waals surface area contributed by atoms with Crippen LogP contribution in [0.25, 0.3) is 0 Å². The Morgan fingerprint density at radius 2 is 1.68 bits per heavy atom. The van der Waals surface area contributed by atoms with Crippen LogP contribution in [-0.2, 0) is 10.0 Å². The van der Waals surface area contributed by atoms with E-state index in [1.54, 1.807) is 36.4 Å². The van der Waals surface area contributed by atoms with Crippen LogP contribution in [-0.4, -0.2) is 8.42 Å². The summed E-state index contributed by atoms with van der Waals surface area (Å²) in [6.45, 7) is 1.85. The standard InChI is InChI=1S/C13H11Br2NO2S/c1-9-8-10(6-7-11(9)14)19(17,18)16-13-5-3-2-4-12(13)15/h2-8,16H,1H3. The van der Waals surface area contributed by atoms with E-state index in [0.717, 1.165) is 10.0 Å². The number of rotatable bonds is 3. The second-order valence-corrected chi connectivity index (χ2v) is 7.39. The predicted octanol–water partition coefficient (Wildman–Crippen LogP) is 4.32. The fourth-order valence-corrected chi connectivity index (χ4v) is 3.46. The summed E-state index contributed by atoms with van der Waals surface area (Å²) in [4.78, 5) is 0.240. The smallest absolute Gasteiger partial charge is 0.261 e. The van der Waals surface area contributed by atoms with Crippen LogP contribution in [0, 0.1) is 6.92 Å². The van der Waals surface area contributed by atoms with Crippen molar-refractivity contribution in [1.82, 2.24) is 0 Å². The quantitative estimate of drug-likeness (QED) is 0.827. The molecule has 0 saturated heterocycles. The summed E-state index contributed by atoms with van der Waals surface area (Å²) in [5.41, 5.74) is 1.39. The number of sulfonamides is 1. The summed E-state index contributed by atoms with van der Waals surface area (Å²) in [6.07, 6.45) is 0. The molecule has 0 radical (unpaired) electrons. The van der Waals surface area contributed by atoms with Gasteiger partial charge in [0.25, 0.3) is 10.0 Å². The lowest BCUT2D eigenvalue weighted by Gasteiger charge is -2.10. The van der Waals surface area contributed by atoms with Crippen molar-refractivity contribution in [2.75, 3.05) is 4.72 Å². The lowest BCUT2D eigenvalue weighted by molar-refractivity contribution is 0.601. The molecule has 0 spiro atoms. The number of halogens is 2. The zero-order chi connectivity index (χ0) is 14.0. The Balaban J connectivity index is 2.38. The maximum Gasteiger partial charge on any atom is 0.261 e. The molecule has 0 bridgehead atoms. The van der Waals surface area contributed by atoms with Crippen molar-refractivity contribution in [1.29, 1.82) is 0 Å². The average molecular weight is 405 g/mol. The van der Waals surface area contributed by atoms with E-state index in [2.05, 4.69) is 36.6 Å². The highest BCUT2D eigenvalue weighted by Crippen LogP contribution is 2.26. The zero-order valence-corrected chi connectivity index (χ0v) is 14.0. The molecule has 0 unspecified atom stereocenters. The van der Waals surface area contributed by atoms with Gasteiger partial charge in [-0.2, -0.15) is 0 Å². The van der Waals surface area contributed by atoms with Crippen LogP contribution < -0.4 is 4.72 Å². The molecule has 6 heteroatoms. The molecule has 3 nitrogen and oxygen atoms in total. The second kappa shape index (κ2) is 5.64. The monoisotopic (exact) mass is 403 g/mol. The number of benzene rings is 2. The molecule has 0 saturated carbocycles. The van der Waals surface area contributed by atoms with E-state index in [1.165, 1.54) is 0 Å². The van der Waals surface area contributed by atoms with Crippen molar-refractivity contribution in [2.24, 2.45) is 0 Å². The largest absolute Gasteiger partial charge is 0.278 e. The lowest BCUT2D eigenvalue weighted by atomic mass is 10.2. The van der Waals surface area contributed by atoms with Crippen LogP contribution in [0.15, 0.2) is 56.3 Å². The molecule has 2 aromatic rings. The van der Waals surface area contributed by atoms with Gasteiger partial charge in [-0.1, -0.05) is 28.1 Å². The van der Waals surface area contributed by atoms with E-state index in [9.17, 15) is 8.42 Å². The maximum atomic E-state index is 12.3. The fourth-order valence-electron chi connectivity index (χ4n) is 1.53. The van der Waals surface area contributed by atoms with Crippen molar-refractivity contribution in [3.63, 3.8) is 0 Å². The molecular formula is C13H11Br2NO2S. The Bertz CT molecular complexity index is 714. The first-order valence-electron chi connectivity index (χ1n) is 5.43. The second-order valence-electron chi connectivity index (χ2n) is 4.00. The predicted molar refractivity (Wildman–Crippen MR) is 83.8 cm³/mol. The van der Waals surface area contributed by atoms with Crippen LogP contribution in [0.3, 0.4) is 0 Å². The molecule has 0 aliphatic carbocycles. The highest BCUT2D eigenvalue weighted by molar-refractivity contribution is 9.11. The first kappa shape index (κ1) is 14.6. The summed E-state index contributed by atoms with van der Waals surface area (Å²) in [5, 5.41) is 0. The number of anilines is 1. The summed E-state index contributed by atoms with van der Waals surface area (Å²) >= 11 is 6.66. The molecular weight excluding hydrogens is 394 g/mol. The first-order chi connectivity index (χ1) is 8.90. The third-order valence-electron chi connectivity index (χ3n) is 2.56. The van der Waals surface area contributed by atoms with E-state index in [-0.39, 0.29) is 4.90 Å². The third kappa shape index (κ3) is 3.38. The van der Waals surface area contributed by atoms with Crippen molar-refractivity contribution in [3.05, 3.63) is 57.0 Å². The van der Waals surface area contributed by atoms with Gasteiger partial charge in [-0.3, -0.25) is 4.72 Å². The third-order valence-corrected chi connectivity index (χ3v) is 5.50. The van der Waals surface area contributed by atoms with Crippen LogP contribution >= 0.6 is 31.9 Å². The van der Waals surface area contributed by atoms with Crippen LogP contribution in [0.5, 0.6) is 0 Å². The van der Waals surface area contributed by atoms with Crippen molar-refractivity contribution in [3.8, 4) is 0 Å². The molecule has 0 fully saturated rings. The Kier molecular flexibility index (Phi) is 4.32. The van der Waals surface area contributed by atoms with Gasteiger partial charge < -0.3 is 0 Å². The minimum absolute atomic E-state index is 0.240. The summed E-state index contributed by atoms with van der Waals surface area (Å²) in [5.74, 6) is 0. The Morgan fingerprint density at radius 1 is 1.00 bits per heavy atom. The van der Waals surface area contributed by atoms with Crippen LogP contribution in [0.1, 0.15) is 5.56 Å². The first-order valence-corrected chi connectivity index (χ1v) is 8.50. The van der Waals surface area contributed by atoms with E-state index in [1.807, 2.05) is 13.0 Å². The number of para-hydroxylation sites is 1. The van der Waals surface area contributed by atoms with E-state index in [4.69, 9.17) is 0 Å². The van der Waals surface area contributed by atoms with Gasteiger partial charge in [-0.05, 0) is 58.7 Å². The highest BCUT2D eigenvalue weighted by atomic mass is 79.9. The van der Waals surface area contributed by atoms with Crippen LogP contribution in [0.4, 0.5) is 5.69 Å². The van der Waals surface area contributed by atoms with E-state index < -0.39 is 10.0 Å². The molecule has 100 valence electrons. The van der Waals surface area contributed by atoms with Crippen molar-refractivity contribution < 1.29 is 8.42 Å². The molecule has 0 amide bonds. The average Bonchev–Trinajstić information content (AvgIpc) is 2.35. The Labute approximate surface area is 129 Å². The number of hydrogen-bond donors (Lipinski definition) is 1. The number of hydrogen-bond acceptors (Lipinski definition) is 2. The van der Waals surface area contributed by atoms with Crippen LogP contribution in [0.2, 0.25) is 0 Å². The zero-order valence-electron chi connectivity index (χ0n) is 10.0. The highest BCUT2D eigenvalue weighted by Gasteiger charge is 2.16. The van der Waals surface area contributed by atoms with Gasteiger partial charge in [-0.15, -0.1) is 0 Å². The summed E-state index contributed by atoms with van der Waals surface area (Å²) in [6, 6.07) is 12.0. The molecule has 2 aromatic carbocycles. The van der Waals surface area contributed by atoms with E-state index in [0.29, 0.717) is 10.2 Å².